The largest absolute Gasteiger partial charge is 0.573 e. The molecule has 1 amide bonds. The molecule has 0 aliphatic heterocycles. The zero-order valence-electron chi connectivity index (χ0n) is 12.6. The van der Waals surface area contributed by atoms with E-state index in [-0.39, 0.29) is 17.4 Å². The number of hydrogen-bond donors (Lipinski definition) is 1. The molecule has 2 aromatic carbocycles. The van der Waals surface area contributed by atoms with Gasteiger partial charge in [-0.1, -0.05) is 29.3 Å². The van der Waals surface area contributed by atoms with E-state index in [0.717, 1.165) is 17.7 Å². The Balaban J connectivity index is 1.80. The number of hydrogen-bond acceptors (Lipinski definition) is 3. The van der Waals surface area contributed by atoms with Crippen LogP contribution in [0.3, 0.4) is 0 Å². The molecule has 3 nitrogen and oxygen atoms in total. The second-order valence-corrected chi connectivity index (χ2v) is 6.68. The Morgan fingerprint density at radius 1 is 1.12 bits per heavy atom. The van der Waals surface area contributed by atoms with Crippen LogP contribution in [-0.4, -0.2) is 18.0 Å². The fourth-order valence-corrected chi connectivity index (χ4v) is 3.22. The highest BCUT2D eigenvalue weighted by Crippen LogP contribution is 2.26. The molecule has 0 fully saturated rings. The molecule has 0 aliphatic carbocycles. The number of ether oxygens (including phenoxy) is 1. The van der Waals surface area contributed by atoms with E-state index < -0.39 is 6.36 Å². The molecule has 0 saturated heterocycles. The van der Waals surface area contributed by atoms with Crippen molar-refractivity contribution in [1.82, 2.24) is 0 Å². The maximum atomic E-state index is 12.1. The number of nitrogens with one attached hydrogen (secondary N) is 1. The summed E-state index contributed by atoms with van der Waals surface area (Å²) in [5.41, 5.74) is 1.24. The summed E-state index contributed by atoms with van der Waals surface area (Å²) in [7, 11) is 0. The fourth-order valence-electron chi connectivity index (χ4n) is 1.83. The Labute approximate surface area is 156 Å². The normalized spacial score (nSPS) is 11.2. The highest BCUT2D eigenvalue weighted by molar-refractivity contribution is 7.99. The molecule has 0 spiro atoms. The number of thioether (sulfide) groups is 1. The third-order valence-electron chi connectivity index (χ3n) is 2.88. The van der Waals surface area contributed by atoms with Gasteiger partial charge in [0, 0.05) is 21.5 Å². The van der Waals surface area contributed by atoms with Gasteiger partial charge < -0.3 is 10.1 Å². The number of alkyl halides is 3. The summed E-state index contributed by atoms with van der Waals surface area (Å²) >= 11 is 13.2. The van der Waals surface area contributed by atoms with Gasteiger partial charge in [0.15, 0.2) is 0 Å². The molecule has 134 valence electrons. The van der Waals surface area contributed by atoms with Crippen molar-refractivity contribution in [2.24, 2.45) is 0 Å². The van der Waals surface area contributed by atoms with Crippen molar-refractivity contribution in [3.8, 4) is 5.75 Å². The minimum Gasteiger partial charge on any atom is -0.406 e. The molecule has 0 aliphatic rings. The van der Waals surface area contributed by atoms with E-state index in [1.807, 2.05) is 0 Å². The summed E-state index contributed by atoms with van der Waals surface area (Å²) in [5.74, 6) is 0.0680. The van der Waals surface area contributed by atoms with Gasteiger partial charge in [0.05, 0.1) is 5.75 Å². The number of halogens is 5. The van der Waals surface area contributed by atoms with E-state index in [2.05, 4.69) is 10.1 Å². The molecule has 0 unspecified atom stereocenters. The van der Waals surface area contributed by atoms with E-state index in [9.17, 15) is 18.0 Å². The van der Waals surface area contributed by atoms with Crippen LogP contribution in [0.4, 0.5) is 18.9 Å². The fraction of sp³-hybridized carbons (Fsp3) is 0.188. The Hall–Kier alpha value is -1.57. The maximum Gasteiger partial charge on any atom is 0.573 e. The van der Waals surface area contributed by atoms with Gasteiger partial charge in [-0.15, -0.1) is 24.9 Å². The number of carbonyl (C=O) groups excluding carboxylic acids is 1. The van der Waals surface area contributed by atoms with Crippen LogP contribution < -0.4 is 10.1 Å². The third-order valence-corrected chi connectivity index (χ3v) is 4.45. The van der Waals surface area contributed by atoms with Gasteiger partial charge >= 0.3 is 6.36 Å². The average molecular weight is 410 g/mol. The maximum absolute atomic E-state index is 12.1. The molecule has 2 rings (SSSR count). The molecule has 9 heteroatoms. The van der Waals surface area contributed by atoms with Gasteiger partial charge in [0.25, 0.3) is 0 Å². The van der Waals surface area contributed by atoms with Crippen LogP contribution in [0.15, 0.2) is 42.5 Å². The van der Waals surface area contributed by atoms with Crippen molar-refractivity contribution in [3.63, 3.8) is 0 Å². The molecule has 0 bridgehead atoms. The van der Waals surface area contributed by atoms with E-state index in [4.69, 9.17) is 23.2 Å². The molecule has 0 aromatic heterocycles. The number of carbonyl (C=O) groups is 1. The second-order valence-electron chi connectivity index (χ2n) is 4.85. The van der Waals surface area contributed by atoms with Crippen LogP contribution in [0.25, 0.3) is 0 Å². The predicted molar refractivity (Wildman–Crippen MR) is 94.4 cm³/mol. The van der Waals surface area contributed by atoms with Crippen LogP contribution in [0.5, 0.6) is 5.75 Å². The molecule has 0 saturated carbocycles. The summed E-state index contributed by atoms with van der Waals surface area (Å²) < 4.78 is 40.0. The highest BCUT2D eigenvalue weighted by atomic mass is 35.5. The first-order chi connectivity index (χ1) is 11.7. The Kier molecular flexibility index (Phi) is 6.87. The van der Waals surface area contributed by atoms with Crippen LogP contribution in [0.1, 0.15) is 5.56 Å². The summed E-state index contributed by atoms with van der Waals surface area (Å²) in [6, 6.07) is 10.1. The third kappa shape index (κ3) is 7.05. The molecular formula is C16H12Cl2F3NO2S. The smallest absolute Gasteiger partial charge is 0.406 e. The Morgan fingerprint density at radius 2 is 1.80 bits per heavy atom. The zero-order chi connectivity index (χ0) is 18.4. The van der Waals surface area contributed by atoms with Gasteiger partial charge in [-0.3, -0.25) is 4.79 Å². The van der Waals surface area contributed by atoms with Crippen molar-refractivity contribution in [2.75, 3.05) is 11.1 Å². The summed E-state index contributed by atoms with van der Waals surface area (Å²) in [5, 5.41) is 3.66. The average Bonchev–Trinajstić information content (AvgIpc) is 2.50. The molecule has 25 heavy (non-hydrogen) atoms. The lowest BCUT2D eigenvalue weighted by atomic mass is 10.2. The SMILES string of the molecule is O=C(CSCc1ccc(Cl)cc1Cl)Nc1ccc(OC(F)(F)F)cc1. The first-order valence-corrected chi connectivity index (χ1v) is 8.81. The molecule has 2 aromatic rings. The first kappa shape index (κ1) is 19.8. The number of benzene rings is 2. The minimum absolute atomic E-state index is 0.166. The Morgan fingerprint density at radius 3 is 2.40 bits per heavy atom. The van der Waals surface area contributed by atoms with E-state index >= 15 is 0 Å². The molecule has 0 atom stereocenters. The lowest BCUT2D eigenvalue weighted by molar-refractivity contribution is -0.274. The van der Waals surface area contributed by atoms with Crippen LogP contribution in [-0.2, 0) is 10.5 Å². The van der Waals surface area contributed by atoms with Crippen molar-refractivity contribution < 1.29 is 22.7 Å². The van der Waals surface area contributed by atoms with Gasteiger partial charge in [-0.05, 0) is 42.0 Å². The first-order valence-electron chi connectivity index (χ1n) is 6.90. The Bertz CT molecular complexity index is 739. The number of amides is 1. The monoisotopic (exact) mass is 409 g/mol. The molecular weight excluding hydrogens is 398 g/mol. The zero-order valence-corrected chi connectivity index (χ0v) is 14.9. The quantitative estimate of drug-likeness (QED) is 0.658. The van der Waals surface area contributed by atoms with Crippen molar-refractivity contribution >= 4 is 46.6 Å². The summed E-state index contributed by atoms with van der Waals surface area (Å²) in [6.07, 6.45) is -4.75. The highest BCUT2D eigenvalue weighted by Gasteiger charge is 2.30. The van der Waals surface area contributed by atoms with Crippen molar-refractivity contribution in [1.29, 1.82) is 0 Å². The van der Waals surface area contributed by atoms with E-state index in [1.165, 1.54) is 23.9 Å². The van der Waals surface area contributed by atoms with Gasteiger partial charge in [0.1, 0.15) is 5.75 Å². The van der Waals surface area contributed by atoms with Gasteiger partial charge in [0.2, 0.25) is 5.91 Å². The van der Waals surface area contributed by atoms with Gasteiger partial charge in [-0.2, -0.15) is 0 Å². The number of rotatable bonds is 6. The predicted octanol–water partition coefficient (Wildman–Crippen LogP) is 5.76. The lowest BCUT2D eigenvalue weighted by Crippen LogP contribution is -2.17. The number of anilines is 1. The minimum atomic E-state index is -4.75. The standard InChI is InChI=1S/C16H12Cl2F3NO2S/c17-11-2-1-10(14(18)7-11)8-25-9-15(23)22-12-3-5-13(6-4-12)24-16(19,20)21/h1-7H,8-9H2,(H,22,23). The summed E-state index contributed by atoms with van der Waals surface area (Å²) in [4.78, 5) is 11.9. The molecule has 1 N–H and O–H groups in total. The van der Waals surface area contributed by atoms with Crippen molar-refractivity contribution in [3.05, 3.63) is 58.1 Å². The van der Waals surface area contributed by atoms with Crippen LogP contribution in [0, 0.1) is 0 Å². The van der Waals surface area contributed by atoms with E-state index in [1.54, 1.807) is 18.2 Å². The van der Waals surface area contributed by atoms with Crippen LogP contribution in [0.2, 0.25) is 10.0 Å². The molecule has 0 radical (unpaired) electrons. The van der Waals surface area contributed by atoms with E-state index in [0.29, 0.717) is 21.5 Å². The topological polar surface area (TPSA) is 38.3 Å². The summed E-state index contributed by atoms with van der Waals surface area (Å²) in [6.45, 7) is 0. The lowest BCUT2D eigenvalue weighted by Gasteiger charge is -2.10. The molecule has 0 heterocycles. The van der Waals surface area contributed by atoms with Crippen molar-refractivity contribution in [2.45, 2.75) is 12.1 Å². The van der Waals surface area contributed by atoms with Gasteiger partial charge in [-0.25, -0.2) is 0 Å². The van der Waals surface area contributed by atoms with Crippen LogP contribution >= 0.6 is 35.0 Å². The second kappa shape index (κ2) is 8.69.